The minimum Gasteiger partial charge on any atom is -0.462 e. The number of nitrogens with one attached hydrogen (secondary N) is 1. The van der Waals surface area contributed by atoms with Crippen LogP contribution in [0, 0.1) is 11.6 Å². The van der Waals surface area contributed by atoms with Crippen molar-refractivity contribution in [1.82, 2.24) is 4.98 Å². The van der Waals surface area contributed by atoms with E-state index in [1.807, 2.05) is 0 Å². The first-order valence-electron chi connectivity index (χ1n) is 6.75. The second kappa shape index (κ2) is 4.95. The van der Waals surface area contributed by atoms with Gasteiger partial charge in [0, 0.05) is 11.6 Å². The van der Waals surface area contributed by atoms with Crippen molar-refractivity contribution in [3.05, 3.63) is 45.2 Å². The minimum absolute atomic E-state index is 0.0645. The quantitative estimate of drug-likeness (QED) is 0.885. The first-order chi connectivity index (χ1) is 10.0. The van der Waals surface area contributed by atoms with Crippen molar-refractivity contribution in [2.75, 3.05) is 6.61 Å². The van der Waals surface area contributed by atoms with Gasteiger partial charge in [0.15, 0.2) is 11.6 Å². The summed E-state index contributed by atoms with van der Waals surface area (Å²) >= 11 is 0. The topological polar surface area (TPSA) is 59.2 Å². The number of benzene rings is 1. The van der Waals surface area contributed by atoms with Crippen LogP contribution in [0.2, 0.25) is 0 Å². The molecule has 0 radical (unpaired) electrons. The third-order valence-electron chi connectivity index (χ3n) is 3.55. The average Bonchev–Trinajstić information content (AvgIpc) is 3.27. The van der Waals surface area contributed by atoms with E-state index in [-0.39, 0.29) is 23.6 Å². The van der Waals surface area contributed by atoms with Crippen LogP contribution >= 0.6 is 0 Å². The highest BCUT2D eigenvalue weighted by Gasteiger charge is 2.32. The predicted molar refractivity (Wildman–Crippen MR) is 72.4 cm³/mol. The second-order valence-corrected chi connectivity index (χ2v) is 5.02. The molecule has 110 valence electrons. The molecule has 6 heteroatoms. The van der Waals surface area contributed by atoms with Crippen LogP contribution < -0.4 is 5.43 Å². The molecular formula is C15H13F2NO3. The Morgan fingerprint density at radius 1 is 1.38 bits per heavy atom. The number of hydrogen-bond donors (Lipinski definition) is 1. The number of aromatic amines is 1. The van der Waals surface area contributed by atoms with Crippen molar-refractivity contribution in [3.63, 3.8) is 0 Å². The smallest absolute Gasteiger partial charge is 0.343 e. The Labute approximate surface area is 118 Å². The molecule has 3 rings (SSSR count). The third kappa shape index (κ3) is 2.20. The lowest BCUT2D eigenvalue weighted by molar-refractivity contribution is 0.0523. The highest BCUT2D eigenvalue weighted by Crippen LogP contribution is 2.40. The molecule has 1 aliphatic rings. The lowest BCUT2D eigenvalue weighted by Crippen LogP contribution is -2.22. The molecule has 1 N–H and O–H groups in total. The van der Waals surface area contributed by atoms with Crippen LogP contribution in [-0.2, 0) is 4.74 Å². The van der Waals surface area contributed by atoms with Gasteiger partial charge in [0.25, 0.3) is 0 Å². The summed E-state index contributed by atoms with van der Waals surface area (Å²) in [5.41, 5.74) is -0.386. The molecule has 1 aliphatic carbocycles. The van der Waals surface area contributed by atoms with Crippen LogP contribution in [-0.4, -0.2) is 17.6 Å². The van der Waals surface area contributed by atoms with Gasteiger partial charge in [-0.1, -0.05) is 0 Å². The molecule has 1 heterocycles. The Morgan fingerprint density at radius 3 is 2.71 bits per heavy atom. The number of carbonyl (C=O) groups is 1. The molecule has 0 amide bonds. The Hall–Kier alpha value is -2.24. The molecule has 0 saturated heterocycles. The van der Waals surface area contributed by atoms with Crippen LogP contribution in [0.4, 0.5) is 8.78 Å². The van der Waals surface area contributed by atoms with Gasteiger partial charge in [-0.25, -0.2) is 13.6 Å². The van der Waals surface area contributed by atoms with Gasteiger partial charge in [-0.3, -0.25) is 4.79 Å². The fourth-order valence-electron chi connectivity index (χ4n) is 2.42. The maximum absolute atomic E-state index is 13.9. The lowest BCUT2D eigenvalue weighted by atomic mass is 10.0. The van der Waals surface area contributed by atoms with E-state index in [0.717, 1.165) is 18.9 Å². The summed E-state index contributed by atoms with van der Waals surface area (Å²) < 4.78 is 32.1. The molecule has 2 aromatic rings. The normalized spacial score (nSPS) is 14.4. The van der Waals surface area contributed by atoms with Gasteiger partial charge >= 0.3 is 5.97 Å². The van der Waals surface area contributed by atoms with Crippen LogP contribution in [0.3, 0.4) is 0 Å². The zero-order valence-electron chi connectivity index (χ0n) is 11.3. The molecule has 4 nitrogen and oxygen atoms in total. The number of carbonyl (C=O) groups excluding carboxylic acids is 1. The molecule has 0 aliphatic heterocycles. The molecule has 0 spiro atoms. The van der Waals surface area contributed by atoms with Crippen molar-refractivity contribution in [2.24, 2.45) is 0 Å². The van der Waals surface area contributed by atoms with Crippen molar-refractivity contribution in [1.29, 1.82) is 0 Å². The Morgan fingerprint density at radius 2 is 2.10 bits per heavy atom. The van der Waals surface area contributed by atoms with Gasteiger partial charge in [-0.05, 0) is 31.9 Å². The fraction of sp³-hybridized carbons (Fsp3) is 0.333. The van der Waals surface area contributed by atoms with Gasteiger partial charge in [-0.15, -0.1) is 0 Å². The van der Waals surface area contributed by atoms with Crippen LogP contribution in [0.15, 0.2) is 16.9 Å². The monoisotopic (exact) mass is 293 g/mol. The highest BCUT2D eigenvalue weighted by molar-refractivity contribution is 5.95. The Balaban J connectivity index is 2.35. The maximum atomic E-state index is 13.9. The zero-order chi connectivity index (χ0) is 15.1. The van der Waals surface area contributed by atoms with Gasteiger partial charge in [0.1, 0.15) is 5.56 Å². The number of rotatable bonds is 3. The second-order valence-electron chi connectivity index (χ2n) is 5.02. The van der Waals surface area contributed by atoms with Crippen molar-refractivity contribution >= 4 is 16.9 Å². The van der Waals surface area contributed by atoms with E-state index in [9.17, 15) is 18.4 Å². The largest absolute Gasteiger partial charge is 0.462 e. The number of pyridine rings is 1. The maximum Gasteiger partial charge on any atom is 0.343 e. The van der Waals surface area contributed by atoms with E-state index in [4.69, 9.17) is 4.74 Å². The van der Waals surface area contributed by atoms with Gasteiger partial charge in [0.2, 0.25) is 5.43 Å². The summed E-state index contributed by atoms with van der Waals surface area (Å²) in [6.45, 7) is 1.72. The van der Waals surface area contributed by atoms with Gasteiger partial charge in [-0.2, -0.15) is 0 Å². The molecule has 0 atom stereocenters. The van der Waals surface area contributed by atoms with E-state index < -0.39 is 28.4 Å². The number of halogens is 2. The van der Waals surface area contributed by atoms with Crippen LogP contribution in [0.1, 0.15) is 41.7 Å². The first kappa shape index (κ1) is 13.7. The molecule has 21 heavy (non-hydrogen) atoms. The molecule has 1 fully saturated rings. The first-order valence-corrected chi connectivity index (χ1v) is 6.75. The van der Waals surface area contributed by atoms with E-state index in [1.165, 1.54) is 6.07 Å². The summed E-state index contributed by atoms with van der Waals surface area (Å²) in [5, 5.41) is -0.442. The van der Waals surface area contributed by atoms with Crippen molar-refractivity contribution in [2.45, 2.75) is 25.7 Å². The zero-order valence-corrected chi connectivity index (χ0v) is 11.3. The fourth-order valence-corrected chi connectivity index (χ4v) is 2.42. The van der Waals surface area contributed by atoms with Gasteiger partial charge < -0.3 is 9.72 Å². The summed E-state index contributed by atoms with van der Waals surface area (Å²) in [6.07, 6.45) is 1.69. The SMILES string of the molecule is CCOC(=O)c1c(C2CC2)[nH]c2ccc(F)c(F)c2c1=O. The average molecular weight is 293 g/mol. The molecule has 0 unspecified atom stereocenters. The highest BCUT2D eigenvalue weighted by atomic mass is 19.2. The summed E-state index contributed by atoms with van der Waals surface area (Å²) in [5.74, 6) is -3.11. The number of esters is 1. The molecule has 1 aromatic heterocycles. The number of hydrogen-bond acceptors (Lipinski definition) is 3. The number of H-pyrrole nitrogens is 1. The molecule has 1 aromatic carbocycles. The van der Waals surface area contributed by atoms with Crippen LogP contribution in [0.25, 0.3) is 10.9 Å². The summed E-state index contributed by atoms with van der Waals surface area (Å²) in [7, 11) is 0. The van der Waals surface area contributed by atoms with E-state index >= 15 is 0 Å². The van der Waals surface area contributed by atoms with E-state index in [2.05, 4.69) is 4.98 Å². The van der Waals surface area contributed by atoms with E-state index in [1.54, 1.807) is 6.92 Å². The summed E-state index contributed by atoms with van der Waals surface area (Å²) in [4.78, 5) is 27.3. The summed E-state index contributed by atoms with van der Waals surface area (Å²) in [6, 6.07) is 2.25. The van der Waals surface area contributed by atoms with Crippen LogP contribution in [0.5, 0.6) is 0 Å². The predicted octanol–water partition coefficient (Wildman–Crippen LogP) is 2.86. The minimum atomic E-state index is -1.25. The number of fused-ring (bicyclic) bond motifs is 1. The number of ether oxygens (including phenoxy) is 1. The molecule has 1 saturated carbocycles. The van der Waals surface area contributed by atoms with Crippen molar-refractivity contribution in [3.8, 4) is 0 Å². The standard InChI is InChI=1S/C15H13F2NO3/c1-2-21-15(20)11-13(7-3-4-7)18-9-6-5-8(16)12(17)10(9)14(11)19/h5-7H,2-4H2,1H3,(H,18,19). The molecule has 0 bridgehead atoms. The molecular weight excluding hydrogens is 280 g/mol. The Bertz CT molecular complexity index is 794. The van der Waals surface area contributed by atoms with Gasteiger partial charge in [0.05, 0.1) is 17.5 Å². The van der Waals surface area contributed by atoms with Crippen molar-refractivity contribution < 1.29 is 18.3 Å². The lowest BCUT2D eigenvalue weighted by Gasteiger charge is -2.10. The Kier molecular flexibility index (Phi) is 3.23. The third-order valence-corrected chi connectivity index (χ3v) is 3.55. The number of aromatic nitrogens is 1. The van der Waals surface area contributed by atoms with E-state index in [0.29, 0.717) is 5.69 Å².